The van der Waals surface area contributed by atoms with E-state index in [0.717, 1.165) is 29.1 Å². The van der Waals surface area contributed by atoms with Crippen LogP contribution in [-0.2, 0) is 6.54 Å². The number of rotatable bonds is 4. The summed E-state index contributed by atoms with van der Waals surface area (Å²) < 4.78 is 5.22. The van der Waals surface area contributed by atoms with Gasteiger partial charge in [0.1, 0.15) is 11.5 Å². The largest absolute Gasteiger partial charge is 0.508 e. The Morgan fingerprint density at radius 3 is 2.44 bits per heavy atom. The van der Waals surface area contributed by atoms with Gasteiger partial charge in [0.25, 0.3) is 0 Å². The van der Waals surface area contributed by atoms with Crippen molar-refractivity contribution in [2.75, 3.05) is 12.4 Å². The first-order valence-corrected chi connectivity index (χ1v) is 5.85. The van der Waals surface area contributed by atoms with Gasteiger partial charge in [-0.25, -0.2) is 0 Å². The number of phenols is 1. The average molecular weight is 243 g/mol. The average Bonchev–Trinajstić information content (AvgIpc) is 2.38. The number of hydrogen-bond donors (Lipinski definition) is 2. The van der Waals surface area contributed by atoms with Gasteiger partial charge >= 0.3 is 0 Å². The molecule has 0 radical (unpaired) electrons. The molecule has 0 unspecified atom stereocenters. The Morgan fingerprint density at radius 1 is 1.11 bits per heavy atom. The fourth-order valence-electron chi connectivity index (χ4n) is 1.81. The van der Waals surface area contributed by atoms with Crippen LogP contribution in [0.25, 0.3) is 0 Å². The molecule has 0 saturated heterocycles. The predicted molar refractivity (Wildman–Crippen MR) is 73.2 cm³/mol. The molecule has 0 amide bonds. The highest BCUT2D eigenvalue weighted by Crippen LogP contribution is 2.22. The van der Waals surface area contributed by atoms with E-state index in [1.165, 1.54) is 0 Å². The molecule has 0 aliphatic carbocycles. The molecule has 0 saturated carbocycles. The summed E-state index contributed by atoms with van der Waals surface area (Å²) in [6.07, 6.45) is 0. The molecule has 0 bridgehead atoms. The van der Waals surface area contributed by atoms with Crippen molar-refractivity contribution in [1.82, 2.24) is 0 Å². The number of aromatic hydroxyl groups is 1. The second-order valence-corrected chi connectivity index (χ2v) is 4.20. The van der Waals surface area contributed by atoms with Crippen molar-refractivity contribution in [3.63, 3.8) is 0 Å². The number of benzene rings is 2. The van der Waals surface area contributed by atoms with Crippen LogP contribution in [0.2, 0.25) is 0 Å². The van der Waals surface area contributed by atoms with Gasteiger partial charge in [-0.3, -0.25) is 0 Å². The fourth-order valence-corrected chi connectivity index (χ4v) is 1.81. The maximum Gasteiger partial charge on any atom is 0.121 e. The lowest BCUT2D eigenvalue weighted by Crippen LogP contribution is -1.99. The summed E-state index contributed by atoms with van der Waals surface area (Å²) >= 11 is 0. The summed E-state index contributed by atoms with van der Waals surface area (Å²) in [5, 5.41) is 12.5. The Kier molecular flexibility index (Phi) is 3.72. The van der Waals surface area contributed by atoms with Crippen LogP contribution in [0.4, 0.5) is 5.69 Å². The highest BCUT2D eigenvalue weighted by Gasteiger charge is 2.00. The smallest absolute Gasteiger partial charge is 0.121 e. The van der Waals surface area contributed by atoms with E-state index in [0.29, 0.717) is 5.75 Å². The molecule has 2 aromatic rings. The van der Waals surface area contributed by atoms with Crippen LogP contribution in [-0.4, -0.2) is 12.2 Å². The third kappa shape index (κ3) is 2.94. The molecule has 2 N–H and O–H groups in total. The third-order valence-corrected chi connectivity index (χ3v) is 2.83. The van der Waals surface area contributed by atoms with Gasteiger partial charge < -0.3 is 15.2 Å². The SMILES string of the molecule is COc1ccc(NCc2ccc(O)cc2)cc1C. The molecule has 2 rings (SSSR count). The van der Waals surface area contributed by atoms with Gasteiger partial charge in [-0.1, -0.05) is 12.1 Å². The second kappa shape index (κ2) is 5.45. The molecule has 0 fully saturated rings. The Bertz CT molecular complexity index is 521. The minimum absolute atomic E-state index is 0.291. The number of phenolic OH excluding ortho intramolecular Hbond substituents is 1. The van der Waals surface area contributed by atoms with Gasteiger partial charge in [-0.2, -0.15) is 0 Å². The molecule has 0 aliphatic rings. The first-order chi connectivity index (χ1) is 8.69. The number of ether oxygens (including phenoxy) is 1. The Hall–Kier alpha value is -2.16. The molecule has 0 heterocycles. The van der Waals surface area contributed by atoms with Gasteiger partial charge in [0.15, 0.2) is 0 Å². The number of aryl methyl sites for hydroxylation is 1. The second-order valence-electron chi connectivity index (χ2n) is 4.20. The van der Waals surface area contributed by atoms with Crippen molar-refractivity contribution >= 4 is 5.69 Å². The third-order valence-electron chi connectivity index (χ3n) is 2.83. The van der Waals surface area contributed by atoms with E-state index in [-0.39, 0.29) is 0 Å². The van der Waals surface area contributed by atoms with E-state index < -0.39 is 0 Å². The predicted octanol–water partition coefficient (Wildman–Crippen LogP) is 3.32. The number of methoxy groups -OCH3 is 1. The Morgan fingerprint density at radius 2 is 1.83 bits per heavy atom. The zero-order valence-electron chi connectivity index (χ0n) is 10.6. The van der Waals surface area contributed by atoms with Crippen LogP contribution >= 0.6 is 0 Å². The molecule has 0 spiro atoms. The van der Waals surface area contributed by atoms with Crippen molar-refractivity contribution in [3.05, 3.63) is 53.6 Å². The highest BCUT2D eigenvalue weighted by molar-refractivity contribution is 5.51. The topological polar surface area (TPSA) is 41.5 Å². The minimum atomic E-state index is 0.291. The normalized spacial score (nSPS) is 10.1. The summed E-state index contributed by atoms with van der Waals surface area (Å²) in [6, 6.07) is 13.2. The number of anilines is 1. The van der Waals surface area contributed by atoms with Crippen LogP contribution in [0.3, 0.4) is 0 Å². The molecule has 18 heavy (non-hydrogen) atoms. The zero-order chi connectivity index (χ0) is 13.0. The fraction of sp³-hybridized carbons (Fsp3) is 0.200. The van der Waals surface area contributed by atoms with Crippen molar-refractivity contribution in [3.8, 4) is 11.5 Å². The Labute approximate surface area is 107 Å². The summed E-state index contributed by atoms with van der Waals surface area (Å²) in [4.78, 5) is 0. The van der Waals surface area contributed by atoms with Gasteiger partial charge in [0.2, 0.25) is 0 Å². The molecule has 94 valence electrons. The van der Waals surface area contributed by atoms with Gasteiger partial charge in [-0.05, 0) is 48.4 Å². The monoisotopic (exact) mass is 243 g/mol. The number of hydrogen-bond acceptors (Lipinski definition) is 3. The molecular formula is C15H17NO2. The summed E-state index contributed by atoms with van der Waals surface area (Å²) in [7, 11) is 1.67. The van der Waals surface area contributed by atoms with Crippen LogP contribution in [0.1, 0.15) is 11.1 Å². The van der Waals surface area contributed by atoms with Crippen molar-refractivity contribution in [2.45, 2.75) is 13.5 Å². The standard InChI is InChI=1S/C15H17NO2/c1-11-9-13(5-8-15(11)18-2)16-10-12-3-6-14(17)7-4-12/h3-9,16-17H,10H2,1-2H3. The molecule has 0 aromatic heterocycles. The maximum absolute atomic E-state index is 9.20. The summed E-state index contributed by atoms with van der Waals surface area (Å²) in [5.74, 6) is 1.18. The van der Waals surface area contributed by atoms with Crippen LogP contribution in [0, 0.1) is 6.92 Å². The lowest BCUT2D eigenvalue weighted by molar-refractivity contribution is 0.412. The van der Waals surface area contributed by atoms with E-state index in [1.807, 2.05) is 31.2 Å². The van der Waals surface area contributed by atoms with E-state index in [2.05, 4.69) is 11.4 Å². The lowest BCUT2D eigenvalue weighted by atomic mass is 10.2. The van der Waals surface area contributed by atoms with Crippen LogP contribution in [0.15, 0.2) is 42.5 Å². The maximum atomic E-state index is 9.20. The molecule has 2 aromatic carbocycles. The first-order valence-electron chi connectivity index (χ1n) is 5.85. The van der Waals surface area contributed by atoms with E-state index in [9.17, 15) is 5.11 Å². The van der Waals surface area contributed by atoms with E-state index in [4.69, 9.17) is 4.74 Å². The summed E-state index contributed by atoms with van der Waals surface area (Å²) in [5.41, 5.74) is 3.29. The van der Waals surface area contributed by atoms with Crippen molar-refractivity contribution < 1.29 is 9.84 Å². The van der Waals surface area contributed by atoms with Crippen molar-refractivity contribution in [1.29, 1.82) is 0 Å². The molecule has 3 heteroatoms. The van der Waals surface area contributed by atoms with Crippen LogP contribution < -0.4 is 10.1 Å². The van der Waals surface area contributed by atoms with Crippen LogP contribution in [0.5, 0.6) is 11.5 Å². The molecule has 3 nitrogen and oxygen atoms in total. The van der Waals surface area contributed by atoms with Gasteiger partial charge in [0.05, 0.1) is 7.11 Å². The first kappa shape index (κ1) is 12.3. The highest BCUT2D eigenvalue weighted by atomic mass is 16.5. The number of nitrogens with one attached hydrogen (secondary N) is 1. The zero-order valence-corrected chi connectivity index (χ0v) is 10.6. The van der Waals surface area contributed by atoms with Crippen molar-refractivity contribution in [2.24, 2.45) is 0 Å². The minimum Gasteiger partial charge on any atom is -0.508 e. The Balaban J connectivity index is 2.02. The van der Waals surface area contributed by atoms with E-state index >= 15 is 0 Å². The van der Waals surface area contributed by atoms with E-state index in [1.54, 1.807) is 19.2 Å². The summed E-state index contributed by atoms with van der Waals surface area (Å²) in [6.45, 7) is 2.75. The van der Waals surface area contributed by atoms with Gasteiger partial charge in [-0.15, -0.1) is 0 Å². The lowest BCUT2D eigenvalue weighted by Gasteiger charge is -2.10. The quantitative estimate of drug-likeness (QED) is 0.865. The molecular weight excluding hydrogens is 226 g/mol. The molecule has 0 atom stereocenters. The molecule has 0 aliphatic heterocycles. The van der Waals surface area contributed by atoms with Gasteiger partial charge in [0, 0.05) is 12.2 Å².